The van der Waals surface area contributed by atoms with Crippen LogP contribution in [0.15, 0.2) is 29.4 Å². The number of aromatic nitrogens is 3. The van der Waals surface area contributed by atoms with Crippen molar-refractivity contribution < 1.29 is 9.13 Å². The summed E-state index contributed by atoms with van der Waals surface area (Å²) in [6.45, 7) is 0.816. The summed E-state index contributed by atoms with van der Waals surface area (Å²) in [4.78, 5) is 0. The smallest absolute Gasteiger partial charge is 0.191 e. The molecule has 2 N–H and O–H groups in total. The predicted molar refractivity (Wildman–Crippen MR) is 78.8 cm³/mol. The molecule has 2 aromatic rings. The first-order valence-electron chi connectivity index (χ1n) is 6.93. The average Bonchev–Trinajstić information content (AvgIpc) is 3.25. The van der Waals surface area contributed by atoms with E-state index in [9.17, 15) is 4.39 Å². The molecule has 0 spiro atoms. The zero-order valence-electron chi connectivity index (χ0n) is 11.5. The fourth-order valence-electron chi connectivity index (χ4n) is 2.09. The lowest BCUT2D eigenvalue weighted by atomic mass is 10.3. The van der Waals surface area contributed by atoms with Gasteiger partial charge in [-0.25, -0.2) is 4.39 Å². The number of ether oxygens (including phenoxy) is 1. The second-order valence-electron chi connectivity index (χ2n) is 4.83. The molecule has 1 aliphatic carbocycles. The SMILES string of the molecule is NCc1nnc(SCCOc2ccccc2F)n1C1CC1. The Morgan fingerprint density at radius 2 is 2.14 bits per heavy atom. The second kappa shape index (κ2) is 6.44. The highest BCUT2D eigenvalue weighted by Crippen LogP contribution is 2.38. The molecule has 1 aromatic carbocycles. The van der Waals surface area contributed by atoms with Crippen molar-refractivity contribution in [2.24, 2.45) is 5.73 Å². The van der Waals surface area contributed by atoms with Crippen LogP contribution in [0.4, 0.5) is 4.39 Å². The van der Waals surface area contributed by atoms with Crippen molar-refractivity contribution in [2.75, 3.05) is 12.4 Å². The molecule has 0 aliphatic heterocycles. The minimum atomic E-state index is -0.339. The van der Waals surface area contributed by atoms with Crippen LogP contribution in [-0.2, 0) is 6.54 Å². The lowest BCUT2D eigenvalue weighted by Crippen LogP contribution is -2.08. The molecular weight excluding hydrogens is 291 g/mol. The van der Waals surface area contributed by atoms with Crippen molar-refractivity contribution in [3.05, 3.63) is 35.9 Å². The van der Waals surface area contributed by atoms with Gasteiger partial charge in [0, 0.05) is 11.8 Å². The molecule has 21 heavy (non-hydrogen) atoms. The molecule has 1 aromatic heterocycles. The Hall–Kier alpha value is -1.60. The number of hydrogen-bond donors (Lipinski definition) is 1. The van der Waals surface area contributed by atoms with Gasteiger partial charge in [0.25, 0.3) is 0 Å². The van der Waals surface area contributed by atoms with Gasteiger partial charge in [-0.05, 0) is 25.0 Å². The quantitative estimate of drug-likeness (QED) is 0.628. The van der Waals surface area contributed by atoms with Crippen LogP contribution in [0.1, 0.15) is 24.7 Å². The van der Waals surface area contributed by atoms with E-state index in [2.05, 4.69) is 14.8 Å². The molecule has 1 aliphatic rings. The summed E-state index contributed by atoms with van der Waals surface area (Å²) in [5.41, 5.74) is 5.68. The molecule has 5 nitrogen and oxygen atoms in total. The number of benzene rings is 1. The van der Waals surface area contributed by atoms with Crippen molar-refractivity contribution in [3.8, 4) is 5.75 Å². The van der Waals surface area contributed by atoms with Crippen molar-refractivity contribution in [3.63, 3.8) is 0 Å². The zero-order chi connectivity index (χ0) is 14.7. The average molecular weight is 308 g/mol. The van der Waals surface area contributed by atoms with Gasteiger partial charge in [-0.2, -0.15) is 0 Å². The van der Waals surface area contributed by atoms with Crippen LogP contribution in [0.25, 0.3) is 0 Å². The maximum absolute atomic E-state index is 13.4. The first kappa shape index (κ1) is 14.3. The number of nitrogens with zero attached hydrogens (tertiary/aromatic N) is 3. The Labute approximate surface area is 126 Å². The van der Waals surface area contributed by atoms with Crippen molar-refractivity contribution in [1.82, 2.24) is 14.8 Å². The lowest BCUT2D eigenvalue weighted by Gasteiger charge is -2.08. The van der Waals surface area contributed by atoms with Crippen molar-refractivity contribution in [2.45, 2.75) is 30.6 Å². The molecule has 0 radical (unpaired) electrons. The highest BCUT2D eigenvalue weighted by Gasteiger charge is 2.29. The molecule has 3 rings (SSSR count). The number of rotatable bonds is 7. The summed E-state index contributed by atoms with van der Waals surface area (Å²) in [5, 5.41) is 9.16. The summed E-state index contributed by atoms with van der Waals surface area (Å²) in [7, 11) is 0. The molecule has 0 atom stereocenters. The third-order valence-corrected chi connectivity index (χ3v) is 4.15. The third-order valence-electron chi connectivity index (χ3n) is 3.24. The number of nitrogens with two attached hydrogens (primary N) is 1. The van der Waals surface area contributed by atoms with Gasteiger partial charge in [-0.3, -0.25) is 0 Å². The maximum atomic E-state index is 13.4. The van der Waals surface area contributed by atoms with Crippen LogP contribution < -0.4 is 10.5 Å². The first-order chi connectivity index (χ1) is 10.3. The van der Waals surface area contributed by atoms with Gasteiger partial charge in [0.1, 0.15) is 5.82 Å². The highest BCUT2D eigenvalue weighted by atomic mass is 32.2. The van der Waals surface area contributed by atoms with E-state index >= 15 is 0 Å². The van der Waals surface area contributed by atoms with Gasteiger partial charge >= 0.3 is 0 Å². The van der Waals surface area contributed by atoms with Gasteiger partial charge in [0.05, 0.1) is 13.2 Å². The molecule has 1 fully saturated rings. The van der Waals surface area contributed by atoms with Crippen LogP contribution in [0.5, 0.6) is 5.75 Å². The summed E-state index contributed by atoms with van der Waals surface area (Å²) in [6, 6.07) is 6.90. The number of halogens is 1. The van der Waals surface area contributed by atoms with Crippen molar-refractivity contribution >= 4 is 11.8 Å². The van der Waals surface area contributed by atoms with Crippen LogP contribution in [0.2, 0.25) is 0 Å². The van der Waals surface area contributed by atoms with Crippen LogP contribution >= 0.6 is 11.8 Å². The van der Waals surface area contributed by atoms with Crippen molar-refractivity contribution in [1.29, 1.82) is 0 Å². The number of hydrogen-bond acceptors (Lipinski definition) is 5. The van der Waals surface area contributed by atoms with E-state index in [-0.39, 0.29) is 11.6 Å². The third kappa shape index (κ3) is 3.36. The second-order valence-corrected chi connectivity index (χ2v) is 5.89. The monoisotopic (exact) mass is 308 g/mol. The van der Waals surface area contributed by atoms with Gasteiger partial charge in [0.15, 0.2) is 16.7 Å². The zero-order valence-corrected chi connectivity index (χ0v) is 12.4. The molecule has 7 heteroatoms. The lowest BCUT2D eigenvalue weighted by molar-refractivity contribution is 0.324. The fourth-order valence-corrected chi connectivity index (χ4v) is 2.93. The van der Waals surface area contributed by atoms with Crippen LogP contribution in [0, 0.1) is 5.82 Å². The molecule has 0 unspecified atom stereocenters. The van der Waals surface area contributed by atoms with Gasteiger partial charge in [-0.1, -0.05) is 23.9 Å². The minimum Gasteiger partial charge on any atom is -0.490 e. The van der Waals surface area contributed by atoms with E-state index in [1.807, 2.05) is 0 Å². The summed E-state index contributed by atoms with van der Waals surface area (Å²) >= 11 is 1.56. The van der Waals surface area contributed by atoms with E-state index in [0.29, 0.717) is 24.9 Å². The Morgan fingerprint density at radius 1 is 1.33 bits per heavy atom. The maximum Gasteiger partial charge on any atom is 0.191 e. The molecule has 1 saturated carbocycles. The normalized spacial score (nSPS) is 14.4. The number of para-hydroxylation sites is 1. The molecular formula is C14H17FN4OS. The predicted octanol–water partition coefficient (Wildman–Crippen LogP) is 2.38. The summed E-state index contributed by atoms with van der Waals surface area (Å²) in [5.74, 6) is 1.46. The minimum absolute atomic E-state index is 0.282. The Morgan fingerprint density at radius 3 is 2.86 bits per heavy atom. The van der Waals surface area contributed by atoms with E-state index in [4.69, 9.17) is 10.5 Å². The largest absolute Gasteiger partial charge is 0.490 e. The highest BCUT2D eigenvalue weighted by molar-refractivity contribution is 7.99. The van der Waals surface area contributed by atoms with E-state index < -0.39 is 0 Å². The molecule has 112 valence electrons. The molecule has 0 amide bonds. The topological polar surface area (TPSA) is 66.0 Å². The summed E-state index contributed by atoms with van der Waals surface area (Å²) < 4.78 is 20.9. The van der Waals surface area contributed by atoms with Crippen LogP contribution in [-0.4, -0.2) is 27.1 Å². The standard InChI is InChI=1S/C14H17FN4OS/c15-11-3-1-2-4-12(11)20-7-8-21-14-18-17-13(9-16)19(14)10-5-6-10/h1-4,10H,5-9,16H2. The van der Waals surface area contributed by atoms with Gasteiger partial charge in [0.2, 0.25) is 0 Å². The molecule has 0 saturated heterocycles. The fraction of sp³-hybridized carbons (Fsp3) is 0.429. The Bertz CT molecular complexity index is 615. The Balaban J connectivity index is 1.54. The number of thioether (sulfide) groups is 1. The first-order valence-corrected chi connectivity index (χ1v) is 7.92. The van der Waals surface area contributed by atoms with Gasteiger partial charge in [-0.15, -0.1) is 10.2 Å². The van der Waals surface area contributed by atoms with Crippen LogP contribution in [0.3, 0.4) is 0 Å². The van der Waals surface area contributed by atoms with E-state index in [1.165, 1.54) is 6.07 Å². The van der Waals surface area contributed by atoms with E-state index in [1.54, 1.807) is 30.0 Å². The molecule has 1 heterocycles. The Kier molecular flexibility index (Phi) is 4.40. The van der Waals surface area contributed by atoms with Gasteiger partial charge < -0.3 is 15.0 Å². The summed E-state index contributed by atoms with van der Waals surface area (Å²) in [6.07, 6.45) is 2.31. The van der Waals surface area contributed by atoms with E-state index in [0.717, 1.165) is 23.8 Å². The molecule has 0 bridgehead atoms.